The molecule has 1 aromatic carbocycles. The van der Waals surface area contributed by atoms with Gasteiger partial charge in [-0.15, -0.1) is 0 Å². The summed E-state index contributed by atoms with van der Waals surface area (Å²) >= 11 is 0. The van der Waals surface area contributed by atoms with Gasteiger partial charge in [0.15, 0.2) is 11.6 Å². The van der Waals surface area contributed by atoms with E-state index in [1.54, 1.807) is 24.2 Å². The van der Waals surface area contributed by atoms with Gasteiger partial charge < -0.3 is 13.9 Å². The molecule has 10 nitrogen and oxygen atoms in total. The number of anilines is 1. The third-order valence-electron chi connectivity index (χ3n) is 5.43. The van der Waals surface area contributed by atoms with Crippen molar-refractivity contribution < 1.29 is 40.9 Å². The second-order valence-corrected chi connectivity index (χ2v) is 11.7. The monoisotopic (exact) mass is 528 g/mol. The Kier molecular flexibility index (Phi) is 8.50. The number of phosphoric ester groups is 1. The van der Waals surface area contributed by atoms with Gasteiger partial charge in [0.1, 0.15) is 11.6 Å². The smallest absolute Gasteiger partial charge is 0.359 e. The lowest BCUT2D eigenvalue weighted by Crippen LogP contribution is -2.22. The first-order valence-electron chi connectivity index (χ1n) is 11.2. The topological polar surface area (TPSA) is 113 Å². The van der Waals surface area contributed by atoms with Crippen molar-refractivity contribution in [2.75, 3.05) is 44.9 Å². The van der Waals surface area contributed by atoms with Crippen molar-refractivity contribution in [3.05, 3.63) is 59.5 Å². The predicted molar refractivity (Wildman–Crippen MR) is 125 cm³/mol. The van der Waals surface area contributed by atoms with E-state index in [9.17, 15) is 13.9 Å². The van der Waals surface area contributed by atoms with E-state index in [-0.39, 0.29) is 44.0 Å². The molecule has 0 aliphatic carbocycles. The van der Waals surface area contributed by atoms with Crippen LogP contribution in [0.5, 0.6) is 0 Å². The molecule has 2 aromatic rings. The Morgan fingerprint density at radius 2 is 1.77 bits per heavy atom. The molecule has 0 bridgehead atoms. The van der Waals surface area contributed by atoms with E-state index in [2.05, 4.69) is 4.98 Å². The van der Waals surface area contributed by atoms with E-state index >= 15 is 4.39 Å². The number of ketones is 1. The summed E-state index contributed by atoms with van der Waals surface area (Å²) in [7, 11) is -6.28. The van der Waals surface area contributed by atoms with Crippen LogP contribution >= 0.6 is 15.4 Å². The fraction of sp³-hybridized carbons (Fsp3) is 0.455. The highest BCUT2D eigenvalue weighted by molar-refractivity contribution is 7.55. The SMILES string of the molecule is CN(CCC(=O)c1ccc(C(OP2(=O)OCCCO2)P2(=O)OCCCO2)cc1F)c1ccccn1. The molecule has 1 atom stereocenters. The van der Waals surface area contributed by atoms with Crippen molar-refractivity contribution in [3.8, 4) is 0 Å². The third kappa shape index (κ3) is 6.43. The number of pyridine rings is 1. The number of hydrogen-bond donors (Lipinski definition) is 0. The molecule has 2 aliphatic heterocycles. The van der Waals surface area contributed by atoms with E-state index in [1.165, 1.54) is 12.1 Å². The fourth-order valence-electron chi connectivity index (χ4n) is 3.56. The summed E-state index contributed by atoms with van der Waals surface area (Å²) < 4.78 is 67.9. The minimum atomic E-state index is -4.07. The molecule has 1 unspecified atom stereocenters. The lowest BCUT2D eigenvalue weighted by Gasteiger charge is -2.32. The summed E-state index contributed by atoms with van der Waals surface area (Å²) in [6, 6.07) is 9.09. The van der Waals surface area contributed by atoms with Gasteiger partial charge in [-0.25, -0.2) is 13.9 Å². The Morgan fingerprint density at radius 1 is 1.09 bits per heavy atom. The van der Waals surface area contributed by atoms with Crippen LogP contribution in [-0.2, 0) is 31.7 Å². The normalized spacial score (nSPS) is 20.2. The number of carbonyl (C=O) groups excluding carboxylic acids is 1. The van der Waals surface area contributed by atoms with Crippen LogP contribution in [0.1, 0.15) is 41.0 Å². The van der Waals surface area contributed by atoms with Crippen LogP contribution in [0.3, 0.4) is 0 Å². The maximum Gasteiger partial charge on any atom is 0.476 e. The molecule has 0 spiro atoms. The number of aromatic nitrogens is 1. The molecule has 0 radical (unpaired) electrons. The number of nitrogens with zero attached hydrogens (tertiary/aromatic N) is 2. The Bertz CT molecular complexity index is 1120. The average molecular weight is 528 g/mol. The van der Waals surface area contributed by atoms with E-state index in [1.807, 2.05) is 12.1 Å². The average Bonchev–Trinajstić information content (AvgIpc) is 2.87. The predicted octanol–water partition coefficient (Wildman–Crippen LogP) is 5.12. The molecular formula is C22H27FN2O8P2. The van der Waals surface area contributed by atoms with Gasteiger partial charge in [-0.05, 0) is 42.7 Å². The van der Waals surface area contributed by atoms with Gasteiger partial charge in [0.25, 0.3) is 0 Å². The van der Waals surface area contributed by atoms with Gasteiger partial charge in [-0.1, -0.05) is 12.1 Å². The van der Waals surface area contributed by atoms with Gasteiger partial charge in [-0.2, -0.15) is 0 Å². The lowest BCUT2D eigenvalue weighted by molar-refractivity contribution is 0.0483. The molecule has 2 saturated heterocycles. The first-order chi connectivity index (χ1) is 16.8. The summed E-state index contributed by atoms with van der Waals surface area (Å²) in [5.74, 6) is -2.12. The molecule has 13 heteroatoms. The third-order valence-corrected chi connectivity index (χ3v) is 9.12. The highest BCUT2D eigenvalue weighted by Gasteiger charge is 2.46. The molecule has 4 rings (SSSR count). The maximum atomic E-state index is 15.1. The maximum absolute atomic E-state index is 15.1. The summed E-state index contributed by atoms with van der Waals surface area (Å²) in [5, 5.41) is 0. The Balaban J connectivity index is 1.52. The highest BCUT2D eigenvalue weighted by Crippen LogP contribution is 2.69. The second-order valence-electron chi connectivity index (χ2n) is 8.01. The zero-order chi connectivity index (χ0) is 24.9. The molecule has 190 valence electrons. The molecule has 2 fully saturated rings. The van der Waals surface area contributed by atoms with Gasteiger partial charge >= 0.3 is 15.4 Å². The van der Waals surface area contributed by atoms with Crippen molar-refractivity contribution in [1.82, 2.24) is 4.98 Å². The van der Waals surface area contributed by atoms with E-state index in [4.69, 9.17) is 22.6 Å². The number of hydrogen-bond acceptors (Lipinski definition) is 10. The quantitative estimate of drug-likeness (QED) is 0.321. The molecule has 35 heavy (non-hydrogen) atoms. The number of Topliss-reactive ketones (excluding diaryl/α,β-unsaturated/α-hetero) is 1. The first kappa shape index (κ1) is 26.1. The Morgan fingerprint density at radius 3 is 2.40 bits per heavy atom. The van der Waals surface area contributed by atoms with E-state index in [0.717, 1.165) is 6.07 Å². The molecule has 3 heterocycles. The minimum absolute atomic E-state index is 0.0304. The summed E-state index contributed by atoms with van der Waals surface area (Å²) in [5.41, 5.74) is -0.106. The molecule has 1 aromatic heterocycles. The molecule has 0 saturated carbocycles. The van der Waals surface area contributed by atoms with Gasteiger partial charge in [-0.3, -0.25) is 22.9 Å². The van der Waals surface area contributed by atoms with Gasteiger partial charge in [0.2, 0.25) is 0 Å². The van der Waals surface area contributed by atoms with Crippen LogP contribution in [0.4, 0.5) is 10.2 Å². The molecule has 2 aliphatic rings. The zero-order valence-corrected chi connectivity index (χ0v) is 21.0. The summed E-state index contributed by atoms with van der Waals surface area (Å²) in [4.78, 5) is 18.7. The van der Waals surface area contributed by atoms with Crippen LogP contribution in [0.25, 0.3) is 0 Å². The largest absolute Gasteiger partial charge is 0.476 e. The van der Waals surface area contributed by atoms with Crippen LogP contribution in [-0.4, -0.2) is 50.8 Å². The summed E-state index contributed by atoms with van der Waals surface area (Å²) in [6.45, 7) is 0.852. The number of benzene rings is 1. The van der Waals surface area contributed by atoms with Crippen molar-refractivity contribution >= 4 is 27.0 Å². The minimum Gasteiger partial charge on any atom is -0.359 e. The number of phosphoric acid groups is 1. The second kappa shape index (κ2) is 11.4. The summed E-state index contributed by atoms with van der Waals surface area (Å²) in [6.07, 6.45) is 2.72. The van der Waals surface area contributed by atoms with Crippen molar-refractivity contribution in [2.45, 2.75) is 25.1 Å². The van der Waals surface area contributed by atoms with Gasteiger partial charge in [0.05, 0.1) is 32.0 Å². The highest BCUT2D eigenvalue weighted by atomic mass is 31.2. The van der Waals surface area contributed by atoms with E-state index in [0.29, 0.717) is 25.2 Å². The number of carbonyl (C=O) groups is 1. The first-order valence-corrected chi connectivity index (χ1v) is 14.3. The van der Waals surface area contributed by atoms with Crippen molar-refractivity contribution in [3.63, 3.8) is 0 Å². The van der Waals surface area contributed by atoms with Gasteiger partial charge in [0, 0.05) is 26.2 Å². The molecular weight excluding hydrogens is 501 g/mol. The van der Waals surface area contributed by atoms with Crippen LogP contribution < -0.4 is 4.90 Å². The van der Waals surface area contributed by atoms with Crippen molar-refractivity contribution in [1.29, 1.82) is 0 Å². The Labute approximate surface area is 202 Å². The van der Waals surface area contributed by atoms with Crippen LogP contribution in [0, 0.1) is 5.82 Å². The molecule has 0 N–H and O–H groups in total. The fourth-order valence-corrected chi connectivity index (χ4v) is 7.27. The number of halogens is 1. The zero-order valence-electron chi connectivity index (χ0n) is 19.2. The lowest BCUT2D eigenvalue weighted by atomic mass is 10.0. The number of rotatable bonds is 9. The van der Waals surface area contributed by atoms with Crippen LogP contribution in [0.15, 0.2) is 42.6 Å². The molecule has 0 amide bonds. The van der Waals surface area contributed by atoms with Crippen LogP contribution in [0.2, 0.25) is 0 Å². The Hall–Kier alpha value is -1.97. The van der Waals surface area contributed by atoms with E-state index < -0.39 is 32.9 Å². The van der Waals surface area contributed by atoms with Crippen molar-refractivity contribution in [2.24, 2.45) is 0 Å². The standard InChI is InChI=1S/C22H27FN2O8P2/c1-25(21-6-2-3-10-24-21)11-9-20(26)18-8-7-17(16-19(18)23)22(34(27)29-12-4-13-30-34)33-35(28)31-14-5-15-32-35/h2-3,6-8,10,16,22H,4-5,9,11-15H2,1H3.